The van der Waals surface area contributed by atoms with Gasteiger partial charge in [0, 0.05) is 3.57 Å². The summed E-state index contributed by atoms with van der Waals surface area (Å²) < 4.78 is 1.51. The summed E-state index contributed by atoms with van der Waals surface area (Å²) in [7, 11) is 0. The average Bonchev–Trinajstić information content (AvgIpc) is 2.35. The van der Waals surface area contributed by atoms with Crippen molar-refractivity contribution >= 4 is 104 Å². The van der Waals surface area contributed by atoms with Crippen LogP contribution in [0.1, 0.15) is 11.1 Å². The SMILES string of the molecule is O=[C]c1c(I)c([C]=O)c(I)c(NC(=O)CCl)c1I. The first-order valence-electron chi connectivity index (χ1n) is 4.30. The van der Waals surface area contributed by atoms with Crippen LogP contribution in [0.2, 0.25) is 0 Å². The molecule has 0 heterocycles. The molecule has 0 fully saturated rings. The molecule has 0 spiro atoms. The third kappa shape index (κ3) is 3.33. The molecule has 0 unspecified atom stereocenters. The lowest BCUT2D eigenvalue weighted by Gasteiger charge is -2.13. The van der Waals surface area contributed by atoms with Gasteiger partial charge >= 0.3 is 0 Å². The number of anilines is 1. The van der Waals surface area contributed by atoms with Gasteiger partial charge in [-0.25, -0.2) is 0 Å². The molecule has 1 amide bonds. The highest BCUT2D eigenvalue weighted by atomic mass is 127. The molecule has 0 aromatic heterocycles. The van der Waals surface area contributed by atoms with Gasteiger partial charge in [-0.15, -0.1) is 11.6 Å². The summed E-state index contributed by atoms with van der Waals surface area (Å²) in [6.07, 6.45) is 3.53. The largest absolute Gasteiger partial charge is 0.323 e. The highest BCUT2D eigenvalue weighted by molar-refractivity contribution is 14.1. The summed E-state index contributed by atoms with van der Waals surface area (Å²) >= 11 is 11.1. The number of amides is 1. The van der Waals surface area contributed by atoms with Crippen LogP contribution in [0.15, 0.2) is 0 Å². The molecule has 4 nitrogen and oxygen atoms in total. The number of nitrogens with one attached hydrogen (secondary N) is 1. The lowest BCUT2D eigenvalue weighted by molar-refractivity contribution is -0.113. The van der Waals surface area contributed by atoms with Crippen molar-refractivity contribution in [2.45, 2.75) is 0 Å². The second-order valence-corrected chi connectivity index (χ2v) is 6.46. The van der Waals surface area contributed by atoms with Crippen LogP contribution in [0, 0.1) is 10.7 Å². The van der Waals surface area contributed by atoms with Gasteiger partial charge in [0.15, 0.2) is 0 Å². The Morgan fingerprint density at radius 1 is 1.06 bits per heavy atom. The molecule has 1 N–H and O–H groups in total. The van der Waals surface area contributed by atoms with Crippen molar-refractivity contribution in [3.63, 3.8) is 0 Å². The van der Waals surface area contributed by atoms with Gasteiger partial charge in [0.05, 0.1) is 24.0 Å². The summed E-state index contributed by atoms with van der Waals surface area (Å²) in [4.78, 5) is 33.2. The van der Waals surface area contributed by atoms with Gasteiger partial charge in [0.25, 0.3) is 0 Å². The van der Waals surface area contributed by atoms with Gasteiger partial charge < -0.3 is 5.32 Å². The zero-order valence-electron chi connectivity index (χ0n) is 8.44. The molecule has 1 aromatic carbocycles. The Morgan fingerprint density at radius 3 is 1.83 bits per heavy atom. The summed E-state index contributed by atoms with van der Waals surface area (Å²) in [6.45, 7) is 0. The van der Waals surface area contributed by atoms with Crippen molar-refractivity contribution in [2.24, 2.45) is 0 Å². The second kappa shape index (κ2) is 7.33. The van der Waals surface area contributed by atoms with Crippen LogP contribution in [-0.4, -0.2) is 24.4 Å². The molecule has 1 aromatic rings. The molecule has 94 valence electrons. The van der Waals surface area contributed by atoms with Crippen molar-refractivity contribution in [2.75, 3.05) is 11.2 Å². The van der Waals surface area contributed by atoms with Crippen LogP contribution in [0.4, 0.5) is 5.69 Å². The van der Waals surface area contributed by atoms with Crippen molar-refractivity contribution in [1.82, 2.24) is 0 Å². The molecule has 8 heteroatoms. The van der Waals surface area contributed by atoms with Gasteiger partial charge in [0.2, 0.25) is 18.5 Å². The van der Waals surface area contributed by atoms with E-state index in [2.05, 4.69) is 5.32 Å². The van der Waals surface area contributed by atoms with E-state index in [-0.39, 0.29) is 17.0 Å². The van der Waals surface area contributed by atoms with Crippen LogP contribution in [-0.2, 0) is 14.4 Å². The maximum atomic E-state index is 11.3. The maximum Gasteiger partial charge on any atom is 0.239 e. The monoisotopic (exact) mass is 601 g/mol. The number of rotatable bonds is 4. The summed E-state index contributed by atoms with van der Waals surface area (Å²) in [5, 5.41) is 2.56. The first-order valence-corrected chi connectivity index (χ1v) is 8.07. The van der Waals surface area contributed by atoms with Crippen LogP contribution < -0.4 is 5.32 Å². The standard InChI is InChI=1S/C10H3ClI3NO3/c11-1-6(18)15-10-8(13)4(2-16)7(12)5(3-17)9(10)14/h1H2,(H,15,18). The number of hydrogen-bond acceptors (Lipinski definition) is 3. The van der Waals surface area contributed by atoms with E-state index in [0.29, 0.717) is 16.4 Å². The molecule has 0 saturated heterocycles. The molecule has 0 aliphatic heterocycles. The smallest absolute Gasteiger partial charge is 0.239 e. The number of benzene rings is 1. The van der Waals surface area contributed by atoms with Crippen LogP contribution >= 0.6 is 79.4 Å². The number of alkyl halides is 1. The summed E-state index contributed by atoms with van der Waals surface area (Å²) in [6, 6.07) is 0. The quantitative estimate of drug-likeness (QED) is 0.427. The Kier molecular flexibility index (Phi) is 6.75. The molecule has 1 rings (SSSR count). The number of carbonyl (C=O) groups is 1. The van der Waals surface area contributed by atoms with E-state index in [0.717, 1.165) is 0 Å². The van der Waals surface area contributed by atoms with E-state index in [1.807, 2.05) is 67.8 Å². The third-order valence-corrected chi connectivity index (χ3v) is 5.39. The minimum absolute atomic E-state index is 0.210. The Labute approximate surface area is 149 Å². The average molecular weight is 601 g/mol. The first-order chi connectivity index (χ1) is 8.47. The Bertz CT molecular complexity index is 499. The van der Waals surface area contributed by atoms with Crippen LogP contribution in [0.5, 0.6) is 0 Å². The summed E-state index contributed by atoms with van der Waals surface area (Å²) in [5.74, 6) is -0.624. The van der Waals surface area contributed by atoms with Gasteiger partial charge in [-0.05, 0) is 67.8 Å². The van der Waals surface area contributed by atoms with E-state index < -0.39 is 5.91 Å². The number of carbonyl (C=O) groups excluding carboxylic acids is 3. The topological polar surface area (TPSA) is 63.2 Å². The van der Waals surface area contributed by atoms with Crippen molar-refractivity contribution in [3.8, 4) is 0 Å². The van der Waals surface area contributed by atoms with Crippen molar-refractivity contribution in [3.05, 3.63) is 21.8 Å². The lowest BCUT2D eigenvalue weighted by atomic mass is 10.1. The van der Waals surface area contributed by atoms with E-state index in [1.165, 1.54) is 0 Å². The van der Waals surface area contributed by atoms with E-state index in [1.54, 1.807) is 12.6 Å². The maximum absolute atomic E-state index is 11.3. The first kappa shape index (κ1) is 16.6. The fraction of sp³-hybridized carbons (Fsp3) is 0.100. The fourth-order valence-corrected chi connectivity index (χ4v) is 5.07. The van der Waals surface area contributed by atoms with Gasteiger partial charge in [-0.1, -0.05) is 0 Å². The Morgan fingerprint density at radius 2 is 1.50 bits per heavy atom. The van der Waals surface area contributed by atoms with Gasteiger partial charge in [-0.3, -0.25) is 14.4 Å². The highest BCUT2D eigenvalue weighted by Crippen LogP contribution is 2.33. The molecule has 0 bridgehead atoms. The zero-order valence-corrected chi connectivity index (χ0v) is 15.7. The minimum Gasteiger partial charge on any atom is -0.323 e. The third-order valence-electron chi connectivity index (χ3n) is 1.91. The van der Waals surface area contributed by atoms with Crippen molar-refractivity contribution < 1.29 is 14.4 Å². The molecular weight excluding hydrogens is 598 g/mol. The van der Waals surface area contributed by atoms with Crippen LogP contribution in [0.25, 0.3) is 0 Å². The second-order valence-electron chi connectivity index (χ2n) is 2.95. The fourth-order valence-electron chi connectivity index (χ4n) is 1.13. The Hall–Kier alpha value is 0.510. The Balaban J connectivity index is 3.55. The normalized spacial score (nSPS) is 10.0. The zero-order chi connectivity index (χ0) is 13.9. The number of halogens is 4. The molecule has 0 aliphatic carbocycles. The number of hydrogen-bond donors (Lipinski definition) is 1. The summed E-state index contributed by atoms with van der Waals surface area (Å²) in [5.41, 5.74) is 0.860. The molecule has 2 radical (unpaired) electrons. The van der Waals surface area contributed by atoms with E-state index >= 15 is 0 Å². The molecular formula is C10H3ClI3NO3. The predicted octanol–water partition coefficient (Wildman–Crippen LogP) is 2.59. The van der Waals surface area contributed by atoms with Crippen LogP contribution in [0.3, 0.4) is 0 Å². The molecule has 0 aliphatic rings. The lowest BCUT2D eigenvalue weighted by Crippen LogP contribution is -2.17. The highest BCUT2D eigenvalue weighted by Gasteiger charge is 2.21. The predicted molar refractivity (Wildman–Crippen MR) is 93.5 cm³/mol. The molecule has 0 atom stereocenters. The molecule has 0 saturated carbocycles. The van der Waals surface area contributed by atoms with Gasteiger partial charge in [-0.2, -0.15) is 0 Å². The van der Waals surface area contributed by atoms with Crippen molar-refractivity contribution in [1.29, 1.82) is 0 Å². The minimum atomic E-state index is -0.414. The molecule has 18 heavy (non-hydrogen) atoms. The van der Waals surface area contributed by atoms with Gasteiger partial charge in [0.1, 0.15) is 5.88 Å². The van der Waals surface area contributed by atoms with E-state index in [4.69, 9.17) is 11.6 Å². The van der Waals surface area contributed by atoms with E-state index in [9.17, 15) is 14.4 Å².